The molecule has 0 bridgehead atoms. The lowest BCUT2D eigenvalue weighted by Gasteiger charge is -2.04. The standard InChI is InChI=1S/C10H16N6OS2/c1-12-8-9(16-19-15-8)13-3-5-18-4-2-7-6-14-10(11)17-7/h6H,2-5H2,1H3,(H2,11,14)(H,12,15)(H,13,16). The maximum atomic E-state index is 5.40. The molecule has 7 nitrogen and oxygen atoms in total. The fourth-order valence-corrected chi connectivity index (χ4v) is 2.75. The molecular formula is C10H16N6OS2. The summed E-state index contributed by atoms with van der Waals surface area (Å²) in [6, 6.07) is 0.234. The van der Waals surface area contributed by atoms with Crippen LogP contribution >= 0.6 is 23.5 Å². The number of aryl methyl sites for hydroxylation is 1. The molecule has 0 spiro atoms. The van der Waals surface area contributed by atoms with Crippen molar-refractivity contribution in [2.75, 3.05) is 41.5 Å². The Morgan fingerprint density at radius 3 is 2.95 bits per heavy atom. The first-order chi connectivity index (χ1) is 9.29. The predicted octanol–water partition coefficient (Wildman–Crippen LogP) is 1.54. The summed E-state index contributed by atoms with van der Waals surface area (Å²) in [5.41, 5.74) is 5.40. The molecule has 104 valence electrons. The van der Waals surface area contributed by atoms with Gasteiger partial charge < -0.3 is 20.8 Å². The van der Waals surface area contributed by atoms with Gasteiger partial charge in [-0.1, -0.05) is 0 Å². The largest absolute Gasteiger partial charge is 0.429 e. The first-order valence-corrected chi connectivity index (χ1v) is 7.70. The number of nitrogens with zero attached hydrogens (tertiary/aromatic N) is 3. The molecule has 0 fully saturated rings. The second-order valence-corrected chi connectivity index (χ2v) is 5.42. The highest BCUT2D eigenvalue weighted by molar-refractivity contribution is 7.99. The van der Waals surface area contributed by atoms with Crippen LogP contribution in [0.25, 0.3) is 0 Å². The van der Waals surface area contributed by atoms with Gasteiger partial charge in [0.05, 0.1) is 17.9 Å². The normalized spacial score (nSPS) is 10.6. The molecule has 2 rings (SSSR count). The van der Waals surface area contributed by atoms with Gasteiger partial charge in [0, 0.05) is 31.5 Å². The Morgan fingerprint density at radius 2 is 2.21 bits per heavy atom. The Morgan fingerprint density at radius 1 is 1.37 bits per heavy atom. The molecule has 4 N–H and O–H groups in total. The Balaban J connectivity index is 1.57. The highest BCUT2D eigenvalue weighted by Gasteiger charge is 2.04. The van der Waals surface area contributed by atoms with Crippen LogP contribution in [0.1, 0.15) is 5.76 Å². The number of hydrogen-bond acceptors (Lipinski definition) is 9. The van der Waals surface area contributed by atoms with Gasteiger partial charge in [0.25, 0.3) is 6.01 Å². The van der Waals surface area contributed by atoms with Crippen LogP contribution in [0.15, 0.2) is 10.6 Å². The van der Waals surface area contributed by atoms with Gasteiger partial charge in [-0.05, 0) is 0 Å². The van der Waals surface area contributed by atoms with E-state index in [0.717, 1.165) is 41.9 Å². The zero-order valence-corrected chi connectivity index (χ0v) is 12.2. The number of aromatic nitrogens is 3. The lowest BCUT2D eigenvalue weighted by atomic mass is 10.4. The molecule has 0 aliphatic heterocycles. The van der Waals surface area contributed by atoms with E-state index in [0.29, 0.717) is 0 Å². The summed E-state index contributed by atoms with van der Waals surface area (Å²) in [7, 11) is 1.83. The van der Waals surface area contributed by atoms with Crippen molar-refractivity contribution in [2.45, 2.75) is 6.42 Å². The van der Waals surface area contributed by atoms with Crippen molar-refractivity contribution >= 4 is 41.1 Å². The Hall–Kier alpha value is -1.48. The van der Waals surface area contributed by atoms with E-state index in [2.05, 4.69) is 24.4 Å². The summed E-state index contributed by atoms with van der Waals surface area (Å²) in [6.07, 6.45) is 2.52. The first kappa shape index (κ1) is 13.9. The predicted molar refractivity (Wildman–Crippen MR) is 79.9 cm³/mol. The number of rotatable bonds is 8. The van der Waals surface area contributed by atoms with E-state index < -0.39 is 0 Å². The van der Waals surface area contributed by atoms with Gasteiger partial charge in [0.2, 0.25) is 0 Å². The molecule has 9 heteroatoms. The summed E-state index contributed by atoms with van der Waals surface area (Å²) in [5.74, 6) is 4.41. The van der Waals surface area contributed by atoms with E-state index >= 15 is 0 Å². The van der Waals surface area contributed by atoms with Crippen molar-refractivity contribution in [1.82, 2.24) is 13.7 Å². The quantitative estimate of drug-likeness (QED) is 0.631. The van der Waals surface area contributed by atoms with Crippen molar-refractivity contribution in [3.05, 3.63) is 12.0 Å². The summed E-state index contributed by atoms with van der Waals surface area (Å²) in [5, 5.41) is 6.23. The van der Waals surface area contributed by atoms with Crippen molar-refractivity contribution in [3.63, 3.8) is 0 Å². The molecule has 19 heavy (non-hydrogen) atoms. The molecule has 0 amide bonds. The maximum Gasteiger partial charge on any atom is 0.292 e. The number of hydrogen-bond donors (Lipinski definition) is 3. The summed E-state index contributed by atoms with van der Waals surface area (Å²) in [4.78, 5) is 3.85. The summed E-state index contributed by atoms with van der Waals surface area (Å²) < 4.78 is 13.5. The fraction of sp³-hybridized carbons (Fsp3) is 0.500. The van der Waals surface area contributed by atoms with Crippen LogP contribution in [-0.2, 0) is 6.42 Å². The zero-order chi connectivity index (χ0) is 13.5. The average Bonchev–Trinajstić information content (AvgIpc) is 3.02. The maximum absolute atomic E-state index is 5.40. The van der Waals surface area contributed by atoms with Crippen LogP contribution < -0.4 is 16.4 Å². The third-order valence-corrected chi connectivity index (χ3v) is 3.84. The number of oxazole rings is 1. The molecule has 0 radical (unpaired) electrons. The molecular weight excluding hydrogens is 284 g/mol. The number of thioether (sulfide) groups is 1. The first-order valence-electron chi connectivity index (χ1n) is 5.81. The summed E-state index contributed by atoms with van der Waals surface area (Å²) >= 11 is 3.03. The van der Waals surface area contributed by atoms with Crippen LogP contribution in [-0.4, -0.2) is 38.8 Å². The van der Waals surface area contributed by atoms with Crippen molar-refractivity contribution in [2.24, 2.45) is 0 Å². The second-order valence-electron chi connectivity index (χ2n) is 3.67. The molecule has 0 atom stereocenters. The molecule has 0 saturated heterocycles. The van der Waals surface area contributed by atoms with Crippen molar-refractivity contribution < 1.29 is 4.42 Å². The third kappa shape index (κ3) is 4.28. The topological polar surface area (TPSA) is 102 Å². The minimum atomic E-state index is 0.234. The van der Waals surface area contributed by atoms with E-state index in [4.69, 9.17) is 10.2 Å². The molecule has 0 unspecified atom stereocenters. The Kier molecular flexibility index (Phi) is 5.28. The molecule has 2 aromatic heterocycles. The zero-order valence-electron chi connectivity index (χ0n) is 10.5. The molecule has 0 aromatic carbocycles. The van der Waals surface area contributed by atoms with Gasteiger partial charge in [-0.2, -0.15) is 20.5 Å². The number of nitrogens with one attached hydrogen (secondary N) is 2. The highest BCUT2D eigenvalue weighted by atomic mass is 32.2. The minimum Gasteiger partial charge on any atom is -0.429 e. The monoisotopic (exact) mass is 300 g/mol. The second kappa shape index (κ2) is 7.19. The molecule has 0 saturated carbocycles. The van der Waals surface area contributed by atoms with Gasteiger partial charge >= 0.3 is 0 Å². The smallest absolute Gasteiger partial charge is 0.292 e. The number of anilines is 3. The molecule has 2 heterocycles. The molecule has 0 aliphatic rings. The van der Waals surface area contributed by atoms with E-state index in [-0.39, 0.29) is 6.01 Å². The minimum absolute atomic E-state index is 0.234. The SMILES string of the molecule is CNc1nsnc1NCCSCCc1cnc(N)o1. The average molecular weight is 300 g/mol. The van der Waals surface area contributed by atoms with Crippen molar-refractivity contribution in [3.8, 4) is 0 Å². The lowest BCUT2D eigenvalue weighted by molar-refractivity contribution is 0.531. The number of nitrogen functional groups attached to an aromatic ring is 1. The van der Waals surface area contributed by atoms with Crippen LogP contribution in [0.4, 0.5) is 17.7 Å². The van der Waals surface area contributed by atoms with Crippen LogP contribution in [0.2, 0.25) is 0 Å². The van der Waals surface area contributed by atoms with E-state index in [1.807, 2.05) is 18.8 Å². The van der Waals surface area contributed by atoms with Gasteiger partial charge in [-0.25, -0.2) is 4.98 Å². The van der Waals surface area contributed by atoms with Gasteiger partial charge in [-0.15, -0.1) is 0 Å². The lowest BCUT2D eigenvalue weighted by Crippen LogP contribution is -2.07. The third-order valence-electron chi connectivity index (χ3n) is 2.33. The van der Waals surface area contributed by atoms with Gasteiger partial charge in [0.15, 0.2) is 11.6 Å². The highest BCUT2D eigenvalue weighted by Crippen LogP contribution is 2.17. The van der Waals surface area contributed by atoms with Gasteiger partial charge in [-0.3, -0.25) is 0 Å². The molecule has 2 aromatic rings. The van der Waals surface area contributed by atoms with Gasteiger partial charge in [0.1, 0.15) is 5.76 Å². The Labute approximate surface area is 119 Å². The molecule has 0 aliphatic carbocycles. The fourth-order valence-electron chi connectivity index (χ4n) is 1.42. The summed E-state index contributed by atoms with van der Waals surface area (Å²) in [6.45, 7) is 0.850. The van der Waals surface area contributed by atoms with Crippen molar-refractivity contribution in [1.29, 1.82) is 0 Å². The van der Waals surface area contributed by atoms with E-state index in [1.54, 1.807) is 6.20 Å². The van der Waals surface area contributed by atoms with Crippen LogP contribution in [0, 0.1) is 0 Å². The van der Waals surface area contributed by atoms with E-state index in [9.17, 15) is 0 Å². The van der Waals surface area contributed by atoms with Crippen LogP contribution in [0.3, 0.4) is 0 Å². The number of nitrogens with two attached hydrogens (primary N) is 1. The van der Waals surface area contributed by atoms with E-state index in [1.165, 1.54) is 11.7 Å². The Bertz CT molecular complexity index is 500. The van der Waals surface area contributed by atoms with Crippen LogP contribution in [0.5, 0.6) is 0 Å².